The smallest absolute Gasteiger partial charge is 0.163 e. The Morgan fingerprint density at radius 2 is 2.00 bits per heavy atom. The van der Waals surface area contributed by atoms with Crippen molar-refractivity contribution in [2.24, 2.45) is 0 Å². The topological polar surface area (TPSA) is 60.4 Å². The van der Waals surface area contributed by atoms with Gasteiger partial charge in [0.1, 0.15) is 24.0 Å². The van der Waals surface area contributed by atoms with Crippen molar-refractivity contribution in [3.8, 4) is 0 Å². The van der Waals surface area contributed by atoms with Crippen LogP contribution in [0.25, 0.3) is 0 Å². The molecule has 1 fully saturated rings. The van der Waals surface area contributed by atoms with Crippen molar-refractivity contribution in [3.63, 3.8) is 0 Å². The lowest BCUT2D eigenvalue weighted by molar-refractivity contribution is -0.224. The average molecular weight is 335 g/mol. The van der Waals surface area contributed by atoms with E-state index in [0.29, 0.717) is 13.2 Å². The second-order valence-electron chi connectivity index (χ2n) is 6.43. The van der Waals surface area contributed by atoms with Crippen molar-refractivity contribution in [1.82, 2.24) is 5.06 Å². The van der Waals surface area contributed by atoms with Gasteiger partial charge >= 0.3 is 0 Å². The van der Waals surface area contributed by atoms with Gasteiger partial charge in [-0.3, -0.25) is 4.84 Å². The fourth-order valence-electron chi connectivity index (χ4n) is 3.27. The molecule has 3 atom stereocenters. The quantitative estimate of drug-likeness (QED) is 0.886. The van der Waals surface area contributed by atoms with Crippen LogP contribution in [-0.2, 0) is 25.6 Å². The van der Waals surface area contributed by atoms with Gasteiger partial charge in [-0.2, -0.15) is 5.06 Å². The largest absolute Gasteiger partial charge is 0.499 e. The molecule has 0 spiro atoms. The van der Waals surface area contributed by atoms with Crippen molar-refractivity contribution in [2.75, 3.05) is 20.3 Å². The van der Waals surface area contributed by atoms with Gasteiger partial charge in [-0.25, -0.2) is 0 Å². The molecule has 1 N–H and O–H groups in total. The zero-order valence-electron chi connectivity index (χ0n) is 14.3. The first-order valence-corrected chi connectivity index (χ1v) is 8.18. The molecule has 1 aromatic carbocycles. The van der Waals surface area contributed by atoms with E-state index in [9.17, 15) is 5.11 Å². The van der Waals surface area contributed by atoms with Crippen LogP contribution < -0.4 is 0 Å². The van der Waals surface area contributed by atoms with E-state index in [0.717, 1.165) is 11.3 Å². The summed E-state index contributed by atoms with van der Waals surface area (Å²) in [6.45, 7) is 4.59. The van der Waals surface area contributed by atoms with E-state index < -0.39 is 11.9 Å². The van der Waals surface area contributed by atoms with Crippen LogP contribution in [-0.4, -0.2) is 54.5 Å². The maximum absolute atomic E-state index is 9.71. The third-order valence-electron chi connectivity index (χ3n) is 4.26. The number of hydrogen-bond acceptors (Lipinski definition) is 6. The molecule has 2 aliphatic heterocycles. The number of nitrogens with zero attached hydrogens (tertiary/aromatic N) is 1. The molecule has 0 aliphatic carbocycles. The SMILES string of the molecule is COC1=CCON(Cc2ccccc2)C1[C@H]1OC(C)(C)O[C@H]1CO. The summed E-state index contributed by atoms with van der Waals surface area (Å²) in [6.07, 6.45) is 1.07. The molecule has 1 unspecified atom stereocenters. The maximum atomic E-state index is 9.71. The van der Waals surface area contributed by atoms with Crippen LogP contribution in [0.3, 0.4) is 0 Å². The number of methoxy groups -OCH3 is 1. The van der Waals surface area contributed by atoms with Gasteiger partial charge in [0.15, 0.2) is 5.79 Å². The van der Waals surface area contributed by atoms with Crippen LogP contribution in [0.5, 0.6) is 0 Å². The van der Waals surface area contributed by atoms with E-state index in [-0.39, 0.29) is 18.8 Å². The van der Waals surface area contributed by atoms with Crippen LogP contribution in [0, 0.1) is 0 Å². The lowest BCUT2D eigenvalue weighted by Gasteiger charge is -2.38. The van der Waals surface area contributed by atoms with Gasteiger partial charge in [-0.1, -0.05) is 30.3 Å². The molecule has 6 nitrogen and oxygen atoms in total. The van der Waals surface area contributed by atoms with E-state index in [2.05, 4.69) is 0 Å². The number of hydroxylamine groups is 2. The number of rotatable bonds is 5. The van der Waals surface area contributed by atoms with Crippen molar-refractivity contribution < 1.29 is 24.2 Å². The Hall–Kier alpha value is -1.44. The third-order valence-corrected chi connectivity index (χ3v) is 4.26. The third kappa shape index (κ3) is 3.63. The number of ether oxygens (including phenoxy) is 3. The summed E-state index contributed by atoms with van der Waals surface area (Å²) in [5.74, 6) is 0.00851. The molecule has 1 aromatic rings. The normalized spacial score (nSPS) is 30.2. The zero-order valence-corrected chi connectivity index (χ0v) is 14.3. The number of aliphatic hydroxyl groups excluding tert-OH is 1. The molecule has 0 amide bonds. The van der Waals surface area contributed by atoms with Gasteiger partial charge in [-0.05, 0) is 25.5 Å². The van der Waals surface area contributed by atoms with Crippen molar-refractivity contribution >= 4 is 0 Å². The highest BCUT2D eigenvalue weighted by Crippen LogP contribution is 2.35. The maximum Gasteiger partial charge on any atom is 0.163 e. The first-order valence-electron chi connectivity index (χ1n) is 8.18. The molecular formula is C18H25NO5. The van der Waals surface area contributed by atoms with Crippen molar-refractivity contribution in [2.45, 2.75) is 44.4 Å². The van der Waals surface area contributed by atoms with Gasteiger partial charge < -0.3 is 19.3 Å². The summed E-state index contributed by atoms with van der Waals surface area (Å²) in [5.41, 5.74) is 1.12. The number of benzene rings is 1. The molecule has 1 saturated heterocycles. The Morgan fingerprint density at radius 1 is 1.25 bits per heavy atom. The summed E-state index contributed by atoms with van der Waals surface area (Å²) in [6, 6.07) is 9.78. The minimum atomic E-state index is -0.757. The first-order chi connectivity index (χ1) is 11.5. The molecule has 6 heteroatoms. The van der Waals surface area contributed by atoms with Gasteiger partial charge in [0.2, 0.25) is 0 Å². The van der Waals surface area contributed by atoms with Crippen molar-refractivity contribution in [1.29, 1.82) is 0 Å². The predicted molar refractivity (Wildman–Crippen MR) is 87.7 cm³/mol. The standard InChI is InChI=1S/C18H25NO5/c1-18(2)23-15(12-20)17(24-18)16-14(21-3)9-10-22-19(16)11-13-7-5-4-6-8-13/h4-9,15-17,20H,10-12H2,1-3H3/t15-,16?,17-/m0/s1. The van der Waals surface area contributed by atoms with Crippen LogP contribution in [0.15, 0.2) is 42.2 Å². The molecular weight excluding hydrogens is 310 g/mol. The Kier molecular flexibility index (Phi) is 5.22. The second kappa shape index (κ2) is 7.21. The van der Waals surface area contributed by atoms with Crippen molar-refractivity contribution in [3.05, 3.63) is 47.7 Å². The molecule has 3 rings (SSSR count). The fourth-order valence-corrected chi connectivity index (χ4v) is 3.27. The Morgan fingerprint density at radius 3 is 2.67 bits per heavy atom. The summed E-state index contributed by atoms with van der Waals surface area (Å²) in [4.78, 5) is 5.86. The molecule has 0 aromatic heterocycles. The minimum absolute atomic E-state index is 0.124. The molecule has 2 aliphatic rings. The van der Waals surface area contributed by atoms with Gasteiger partial charge in [0.25, 0.3) is 0 Å². The lowest BCUT2D eigenvalue weighted by Crippen LogP contribution is -2.51. The molecule has 24 heavy (non-hydrogen) atoms. The molecule has 0 saturated carbocycles. The summed E-state index contributed by atoms with van der Waals surface area (Å²) < 4.78 is 17.5. The predicted octanol–water partition coefficient (Wildman–Crippen LogP) is 1.85. The summed E-state index contributed by atoms with van der Waals surface area (Å²) in [5, 5.41) is 11.6. The van der Waals surface area contributed by atoms with Gasteiger partial charge in [0.05, 0.1) is 26.9 Å². The van der Waals surface area contributed by atoms with E-state index in [1.54, 1.807) is 7.11 Å². The van der Waals surface area contributed by atoms with E-state index in [1.807, 2.05) is 55.3 Å². The molecule has 132 valence electrons. The highest BCUT2D eigenvalue weighted by Gasteiger charge is 2.49. The zero-order chi connectivity index (χ0) is 17.2. The van der Waals surface area contributed by atoms with E-state index >= 15 is 0 Å². The Balaban J connectivity index is 1.86. The van der Waals surface area contributed by atoms with Crippen LogP contribution >= 0.6 is 0 Å². The fraction of sp³-hybridized carbons (Fsp3) is 0.556. The van der Waals surface area contributed by atoms with Gasteiger partial charge in [-0.15, -0.1) is 0 Å². The molecule has 0 radical (unpaired) electrons. The Bertz CT molecular complexity index is 574. The van der Waals surface area contributed by atoms with E-state index in [4.69, 9.17) is 19.0 Å². The summed E-state index contributed by atoms with van der Waals surface area (Å²) in [7, 11) is 1.64. The highest BCUT2D eigenvalue weighted by molar-refractivity contribution is 5.17. The number of hydrogen-bond donors (Lipinski definition) is 1. The minimum Gasteiger partial charge on any atom is -0.499 e. The average Bonchev–Trinajstić information content (AvgIpc) is 2.90. The summed E-state index contributed by atoms with van der Waals surface area (Å²) >= 11 is 0. The lowest BCUT2D eigenvalue weighted by atomic mass is 10.0. The van der Waals surface area contributed by atoms with Crippen LogP contribution in [0.2, 0.25) is 0 Å². The van der Waals surface area contributed by atoms with E-state index in [1.165, 1.54) is 0 Å². The van der Waals surface area contributed by atoms with Crippen LogP contribution in [0.4, 0.5) is 0 Å². The van der Waals surface area contributed by atoms with Gasteiger partial charge in [0, 0.05) is 0 Å². The molecule has 2 heterocycles. The second-order valence-corrected chi connectivity index (χ2v) is 6.43. The highest BCUT2D eigenvalue weighted by atomic mass is 16.8. The van der Waals surface area contributed by atoms with Crippen LogP contribution in [0.1, 0.15) is 19.4 Å². The monoisotopic (exact) mass is 335 g/mol. The molecule has 0 bridgehead atoms. The Labute approximate surface area is 142 Å². The number of aliphatic hydroxyl groups is 1. The first kappa shape index (κ1) is 17.4.